The molecule has 144 valence electrons. The van der Waals surface area contributed by atoms with Crippen LogP contribution in [-0.4, -0.2) is 54.7 Å². The van der Waals surface area contributed by atoms with Crippen LogP contribution in [0, 0.1) is 5.92 Å². The van der Waals surface area contributed by atoms with Gasteiger partial charge >= 0.3 is 6.09 Å². The molecule has 0 aromatic rings. The lowest BCUT2D eigenvalue weighted by Crippen LogP contribution is -2.46. The fourth-order valence-electron chi connectivity index (χ4n) is 3.74. The zero-order valence-electron chi connectivity index (χ0n) is 16.1. The molecule has 2 rings (SSSR count). The smallest absolute Gasteiger partial charge is 0.407 e. The van der Waals surface area contributed by atoms with Crippen molar-refractivity contribution in [3.8, 4) is 0 Å². The predicted molar refractivity (Wildman–Crippen MR) is 98.4 cm³/mol. The van der Waals surface area contributed by atoms with Gasteiger partial charge in [0.2, 0.25) is 5.91 Å². The minimum atomic E-state index is -0.468. The molecule has 2 unspecified atom stereocenters. The number of nitrogens with one attached hydrogen (secondary N) is 2. The van der Waals surface area contributed by atoms with Crippen LogP contribution in [0.5, 0.6) is 0 Å². The number of alkyl carbamates (subject to hydrolysis) is 1. The van der Waals surface area contributed by atoms with Gasteiger partial charge in [0.15, 0.2) is 0 Å². The van der Waals surface area contributed by atoms with Gasteiger partial charge in [-0.15, -0.1) is 0 Å². The standard InChI is InChI=1S/C19H35N3O3/c1-19(2,3)25-18(24)21-14-15-8-4-5-9-16(15)20-11-10-17(23)22-12-6-7-13-22/h15-16,20H,4-14H2,1-3H3,(H,21,24). The zero-order chi connectivity index (χ0) is 18.3. The SMILES string of the molecule is CC(C)(C)OC(=O)NCC1CCCCC1NCCC(=O)N1CCCC1. The summed E-state index contributed by atoms with van der Waals surface area (Å²) in [6, 6.07) is 0.370. The summed E-state index contributed by atoms with van der Waals surface area (Å²) < 4.78 is 5.31. The van der Waals surface area contributed by atoms with Crippen molar-refractivity contribution >= 4 is 12.0 Å². The molecule has 0 radical (unpaired) electrons. The first kappa shape index (κ1) is 20.0. The number of rotatable bonds is 6. The van der Waals surface area contributed by atoms with Crippen LogP contribution in [0.4, 0.5) is 4.79 Å². The van der Waals surface area contributed by atoms with Crippen LogP contribution in [0.2, 0.25) is 0 Å². The summed E-state index contributed by atoms with van der Waals surface area (Å²) in [5.74, 6) is 0.674. The van der Waals surface area contributed by atoms with Crippen molar-refractivity contribution < 1.29 is 14.3 Å². The zero-order valence-corrected chi connectivity index (χ0v) is 16.1. The first-order valence-electron chi connectivity index (χ1n) is 9.83. The van der Waals surface area contributed by atoms with E-state index in [1.807, 2.05) is 25.7 Å². The number of amides is 2. The van der Waals surface area contributed by atoms with E-state index in [1.165, 1.54) is 12.8 Å². The number of hydrogen-bond acceptors (Lipinski definition) is 4. The second kappa shape index (κ2) is 9.41. The Hall–Kier alpha value is -1.30. The highest BCUT2D eigenvalue weighted by Gasteiger charge is 2.26. The third-order valence-corrected chi connectivity index (χ3v) is 5.02. The topological polar surface area (TPSA) is 70.7 Å². The molecule has 0 aromatic carbocycles. The Balaban J connectivity index is 1.70. The fourth-order valence-corrected chi connectivity index (χ4v) is 3.74. The van der Waals surface area contributed by atoms with E-state index in [1.54, 1.807) is 0 Å². The Bertz CT molecular complexity index is 442. The van der Waals surface area contributed by atoms with Crippen LogP contribution < -0.4 is 10.6 Å². The second-order valence-electron chi connectivity index (χ2n) is 8.33. The highest BCUT2D eigenvalue weighted by Crippen LogP contribution is 2.24. The molecule has 2 amide bonds. The van der Waals surface area contributed by atoms with E-state index >= 15 is 0 Å². The number of ether oxygens (including phenoxy) is 1. The maximum absolute atomic E-state index is 12.1. The number of nitrogens with zero attached hydrogens (tertiary/aromatic N) is 1. The molecule has 1 heterocycles. The van der Waals surface area contributed by atoms with Crippen molar-refractivity contribution in [2.45, 2.75) is 77.4 Å². The summed E-state index contributed by atoms with van der Waals surface area (Å²) >= 11 is 0. The lowest BCUT2D eigenvalue weighted by Gasteiger charge is -2.33. The van der Waals surface area contributed by atoms with Gasteiger partial charge in [-0.3, -0.25) is 4.79 Å². The van der Waals surface area contributed by atoms with E-state index < -0.39 is 5.60 Å². The van der Waals surface area contributed by atoms with Crippen molar-refractivity contribution in [3.63, 3.8) is 0 Å². The molecule has 0 bridgehead atoms. The molecule has 6 nitrogen and oxygen atoms in total. The number of carbonyl (C=O) groups is 2. The van der Waals surface area contributed by atoms with Crippen LogP contribution in [0.1, 0.15) is 65.7 Å². The van der Waals surface area contributed by atoms with E-state index in [0.717, 1.165) is 45.3 Å². The molecule has 0 spiro atoms. The predicted octanol–water partition coefficient (Wildman–Crippen LogP) is 2.67. The van der Waals surface area contributed by atoms with Gasteiger partial charge < -0.3 is 20.3 Å². The van der Waals surface area contributed by atoms with E-state index in [-0.39, 0.29) is 12.0 Å². The molecule has 2 atom stereocenters. The van der Waals surface area contributed by atoms with Gasteiger partial charge in [0.1, 0.15) is 5.60 Å². The summed E-state index contributed by atoms with van der Waals surface area (Å²) in [5, 5.41) is 6.46. The lowest BCUT2D eigenvalue weighted by atomic mass is 9.84. The third-order valence-electron chi connectivity index (χ3n) is 5.02. The summed E-state index contributed by atoms with van der Waals surface area (Å²) in [6.45, 7) is 8.81. The van der Waals surface area contributed by atoms with Gasteiger partial charge in [-0.05, 0) is 52.4 Å². The largest absolute Gasteiger partial charge is 0.444 e. The third kappa shape index (κ3) is 7.22. The highest BCUT2D eigenvalue weighted by atomic mass is 16.6. The number of hydrogen-bond donors (Lipinski definition) is 2. The maximum Gasteiger partial charge on any atom is 0.407 e. The summed E-state index contributed by atoms with van der Waals surface area (Å²) in [5.41, 5.74) is -0.468. The summed E-state index contributed by atoms with van der Waals surface area (Å²) in [7, 11) is 0. The molecule has 2 N–H and O–H groups in total. The first-order chi connectivity index (χ1) is 11.8. The van der Waals surface area contributed by atoms with Gasteiger partial charge in [0.05, 0.1) is 0 Å². The Kier molecular flexibility index (Phi) is 7.54. The van der Waals surface area contributed by atoms with Crippen LogP contribution >= 0.6 is 0 Å². The van der Waals surface area contributed by atoms with E-state index in [2.05, 4.69) is 10.6 Å². The van der Waals surface area contributed by atoms with Crippen molar-refractivity contribution in [2.24, 2.45) is 5.92 Å². The summed E-state index contributed by atoms with van der Waals surface area (Å²) in [4.78, 5) is 26.0. The van der Waals surface area contributed by atoms with E-state index in [9.17, 15) is 9.59 Å². The second-order valence-corrected chi connectivity index (χ2v) is 8.33. The quantitative estimate of drug-likeness (QED) is 0.770. The Morgan fingerprint density at radius 2 is 1.76 bits per heavy atom. The van der Waals surface area contributed by atoms with Crippen LogP contribution in [0.3, 0.4) is 0 Å². The average Bonchev–Trinajstić information content (AvgIpc) is 3.07. The fraction of sp³-hybridized carbons (Fsp3) is 0.895. The monoisotopic (exact) mass is 353 g/mol. The average molecular weight is 354 g/mol. The van der Waals surface area contributed by atoms with Gasteiger partial charge in [-0.25, -0.2) is 4.79 Å². The Morgan fingerprint density at radius 3 is 2.44 bits per heavy atom. The van der Waals surface area contributed by atoms with Gasteiger partial charge in [-0.2, -0.15) is 0 Å². The molecule has 6 heteroatoms. The molecule has 1 aliphatic carbocycles. The van der Waals surface area contributed by atoms with Gasteiger partial charge in [0.25, 0.3) is 0 Å². The van der Waals surface area contributed by atoms with E-state index in [4.69, 9.17) is 4.74 Å². The van der Waals surface area contributed by atoms with Crippen molar-refractivity contribution in [3.05, 3.63) is 0 Å². The molecule has 1 aliphatic heterocycles. The molecular weight excluding hydrogens is 318 g/mol. The highest BCUT2D eigenvalue weighted by molar-refractivity contribution is 5.76. The van der Waals surface area contributed by atoms with Crippen LogP contribution in [0.15, 0.2) is 0 Å². The van der Waals surface area contributed by atoms with Crippen LogP contribution in [0.25, 0.3) is 0 Å². The van der Waals surface area contributed by atoms with Crippen molar-refractivity contribution in [2.75, 3.05) is 26.2 Å². The maximum atomic E-state index is 12.1. The first-order valence-corrected chi connectivity index (χ1v) is 9.83. The minimum Gasteiger partial charge on any atom is -0.444 e. The molecular formula is C19H35N3O3. The molecule has 25 heavy (non-hydrogen) atoms. The van der Waals surface area contributed by atoms with Crippen LogP contribution in [-0.2, 0) is 9.53 Å². The molecule has 2 fully saturated rings. The van der Waals surface area contributed by atoms with E-state index in [0.29, 0.717) is 24.9 Å². The normalized spacial score (nSPS) is 24.2. The molecule has 1 saturated carbocycles. The molecule has 1 saturated heterocycles. The van der Waals surface area contributed by atoms with Crippen molar-refractivity contribution in [1.29, 1.82) is 0 Å². The number of likely N-dealkylation sites (tertiary alicyclic amines) is 1. The molecule has 0 aromatic heterocycles. The van der Waals surface area contributed by atoms with Gasteiger partial charge in [0, 0.05) is 38.6 Å². The Labute approximate surface area is 152 Å². The summed E-state index contributed by atoms with van der Waals surface area (Å²) in [6.07, 6.45) is 7.13. The van der Waals surface area contributed by atoms with Crippen molar-refractivity contribution in [1.82, 2.24) is 15.5 Å². The Morgan fingerprint density at radius 1 is 1.08 bits per heavy atom. The van der Waals surface area contributed by atoms with Gasteiger partial charge in [-0.1, -0.05) is 12.8 Å². The lowest BCUT2D eigenvalue weighted by molar-refractivity contribution is -0.130. The minimum absolute atomic E-state index is 0.268. The number of carbonyl (C=O) groups excluding carboxylic acids is 2. The molecule has 2 aliphatic rings.